The molecular formula is C22H30N2O2. The van der Waals surface area contributed by atoms with Crippen molar-refractivity contribution in [1.29, 1.82) is 0 Å². The van der Waals surface area contributed by atoms with Gasteiger partial charge in [0.05, 0.1) is 18.8 Å². The topological polar surface area (TPSA) is 57.2 Å². The van der Waals surface area contributed by atoms with Crippen LogP contribution in [-0.4, -0.2) is 23.8 Å². The Kier molecular flexibility index (Phi) is 6.28. The maximum absolute atomic E-state index is 12.4. The Morgan fingerprint density at radius 3 is 2.50 bits per heavy atom. The first kappa shape index (κ1) is 18.9. The van der Waals surface area contributed by atoms with Crippen molar-refractivity contribution in [3.05, 3.63) is 69.6 Å². The number of ether oxygens (including phenoxy) is 1. The van der Waals surface area contributed by atoms with Crippen LogP contribution >= 0.6 is 0 Å². The molecule has 1 aliphatic carbocycles. The average molecular weight is 354 g/mol. The van der Waals surface area contributed by atoms with Crippen LogP contribution in [-0.2, 0) is 4.74 Å². The number of nitrogens with two attached hydrogens (primary N) is 1. The van der Waals surface area contributed by atoms with Gasteiger partial charge in [0.25, 0.3) is 5.56 Å². The van der Waals surface area contributed by atoms with E-state index in [1.54, 1.807) is 4.57 Å². The van der Waals surface area contributed by atoms with Gasteiger partial charge in [-0.1, -0.05) is 30.3 Å². The first-order valence-electron chi connectivity index (χ1n) is 9.64. The summed E-state index contributed by atoms with van der Waals surface area (Å²) in [5.74, 6) is 0.642. The van der Waals surface area contributed by atoms with E-state index in [0.717, 1.165) is 36.8 Å². The first-order valence-corrected chi connectivity index (χ1v) is 9.64. The number of hydrogen-bond acceptors (Lipinski definition) is 3. The van der Waals surface area contributed by atoms with Crippen LogP contribution in [0, 0.1) is 13.8 Å². The number of aromatic nitrogens is 1. The van der Waals surface area contributed by atoms with E-state index in [1.807, 2.05) is 26.1 Å². The van der Waals surface area contributed by atoms with E-state index in [4.69, 9.17) is 10.5 Å². The van der Waals surface area contributed by atoms with Gasteiger partial charge in [0.15, 0.2) is 0 Å². The molecule has 3 rings (SSSR count). The van der Waals surface area contributed by atoms with Crippen LogP contribution in [0.25, 0.3) is 0 Å². The molecule has 0 radical (unpaired) electrons. The van der Waals surface area contributed by atoms with Crippen molar-refractivity contribution in [2.45, 2.75) is 57.6 Å². The summed E-state index contributed by atoms with van der Waals surface area (Å²) in [6.45, 7) is 4.76. The van der Waals surface area contributed by atoms with Crippen LogP contribution in [0.4, 0.5) is 0 Å². The summed E-state index contributed by atoms with van der Waals surface area (Å²) >= 11 is 0. The first-order chi connectivity index (χ1) is 12.6. The highest BCUT2D eigenvalue weighted by molar-refractivity contribution is 5.20. The standard InChI is InChI=1S/C22H30N2O2/c1-16-12-17(2)22(25)24(14-16)20(13-23)15-26-21-10-8-19(9-11-21)18-6-4-3-5-7-18/h3-7,12,14,19-21H,8-11,13,15,23H2,1-2H3/t19-,20?,21+. The molecule has 1 aromatic carbocycles. The Morgan fingerprint density at radius 2 is 1.85 bits per heavy atom. The highest BCUT2D eigenvalue weighted by Gasteiger charge is 2.24. The van der Waals surface area contributed by atoms with E-state index >= 15 is 0 Å². The van der Waals surface area contributed by atoms with Crippen molar-refractivity contribution in [2.24, 2.45) is 5.73 Å². The molecule has 0 spiro atoms. The minimum absolute atomic E-state index is 0.0300. The number of pyridine rings is 1. The predicted octanol–water partition coefficient (Wildman–Crippen LogP) is 3.71. The molecule has 0 aliphatic heterocycles. The zero-order valence-corrected chi connectivity index (χ0v) is 15.9. The average Bonchev–Trinajstić information content (AvgIpc) is 2.67. The molecule has 1 aromatic heterocycles. The lowest BCUT2D eigenvalue weighted by atomic mass is 9.83. The summed E-state index contributed by atoms with van der Waals surface area (Å²) in [7, 11) is 0. The van der Waals surface area contributed by atoms with Gasteiger partial charge in [-0.2, -0.15) is 0 Å². The van der Waals surface area contributed by atoms with Gasteiger partial charge in [-0.3, -0.25) is 4.79 Å². The molecule has 1 aliphatic rings. The Bertz CT molecular complexity index is 761. The fraction of sp³-hybridized carbons (Fsp3) is 0.500. The van der Waals surface area contributed by atoms with Crippen LogP contribution in [0.3, 0.4) is 0 Å². The second-order valence-electron chi connectivity index (χ2n) is 7.52. The SMILES string of the molecule is Cc1cc(C)c(=O)n(C(CN)CO[C@H]2CC[C@@H](c3ccccc3)CC2)c1. The number of nitrogens with zero attached hydrogens (tertiary/aromatic N) is 1. The molecule has 26 heavy (non-hydrogen) atoms. The minimum Gasteiger partial charge on any atom is -0.376 e. The van der Waals surface area contributed by atoms with E-state index in [-0.39, 0.29) is 17.7 Å². The highest BCUT2D eigenvalue weighted by atomic mass is 16.5. The molecular weight excluding hydrogens is 324 g/mol. The van der Waals surface area contributed by atoms with Gasteiger partial charge in [-0.05, 0) is 62.6 Å². The van der Waals surface area contributed by atoms with Crippen molar-refractivity contribution in [1.82, 2.24) is 4.57 Å². The molecule has 1 unspecified atom stereocenters. The maximum atomic E-state index is 12.4. The molecule has 0 saturated heterocycles. The molecule has 1 saturated carbocycles. The molecule has 2 aromatic rings. The summed E-state index contributed by atoms with van der Waals surface area (Å²) in [4.78, 5) is 12.4. The van der Waals surface area contributed by atoms with Crippen molar-refractivity contribution >= 4 is 0 Å². The molecule has 4 nitrogen and oxygen atoms in total. The molecule has 1 atom stereocenters. The van der Waals surface area contributed by atoms with Crippen molar-refractivity contribution < 1.29 is 4.74 Å². The monoisotopic (exact) mass is 354 g/mol. The van der Waals surface area contributed by atoms with E-state index in [1.165, 1.54) is 5.56 Å². The Morgan fingerprint density at radius 1 is 1.15 bits per heavy atom. The van der Waals surface area contributed by atoms with Crippen LogP contribution in [0.15, 0.2) is 47.4 Å². The van der Waals surface area contributed by atoms with Gasteiger partial charge in [0, 0.05) is 18.3 Å². The van der Waals surface area contributed by atoms with E-state index in [0.29, 0.717) is 19.1 Å². The lowest BCUT2D eigenvalue weighted by Gasteiger charge is -2.30. The van der Waals surface area contributed by atoms with E-state index < -0.39 is 0 Å². The largest absolute Gasteiger partial charge is 0.376 e. The molecule has 1 heterocycles. The summed E-state index contributed by atoms with van der Waals surface area (Å²) in [6, 6.07) is 12.6. The van der Waals surface area contributed by atoms with Crippen LogP contribution in [0.5, 0.6) is 0 Å². The smallest absolute Gasteiger partial charge is 0.253 e. The highest BCUT2D eigenvalue weighted by Crippen LogP contribution is 2.34. The second kappa shape index (κ2) is 8.65. The molecule has 2 N–H and O–H groups in total. The van der Waals surface area contributed by atoms with Gasteiger partial charge < -0.3 is 15.0 Å². The maximum Gasteiger partial charge on any atom is 0.253 e. The molecule has 1 fully saturated rings. The molecule has 0 amide bonds. The molecule has 140 valence electrons. The summed E-state index contributed by atoms with van der Waals surface area (Å²) in [5, 5.41) is 0. The van der Waals surface area contributed by atoms with Gasteiger partial charge in [0.1, 0.15) is 0 Å². The Hall–Kier alpha value is -1.91. The van der Waals surface area contributed by atoms with Crippen LogP contribution in [0.1, 0.15) is 54.3 Å². The Balaban J connectivity index is 1.56. The fourth-order valence-electron chi connectivity index (χ4n) is 3.99. The van der Waals surface area contributed by atoms with E-state index in [2.05, 4.69) is 30.3 Å². The third kappa shape index (κ3) is 4.43. The second-order valence-corrected chi connectivity index (χ2v) is 7.52. The summed E-state index contributed by atoms with van der Waals surface area (Å²) < 4.78 is 7.92. The van der Waals surface area contributed by atoms with Crippen LogP contribution in [0.2, 0.25) is 0 Å². The predicted molar refractivity (Wildman–Crippen MR) is 106 cm³/mol. The summed E-state index contributed by atoms with van der Waals surface area (Å²) in [5.41, 5.74) is 9.24. The van der Waals surface area contributed by atoms with Crippen molar-refractivity contribution in [3.63, 3.8) is 0 Å². The molecule has 4 heteroatoms. The zero-order chi connectivity index (χ0) is 18.5. The number of benzene rings is 1. The van der Waals surface area contributed by atoms with Gasteiger partial charge in [-0.15, -0.1) is 0 Å². The van der Waals surface area contributed by atoms with Gasteiger partial charge in [-0.25, -0.2) is 0 Å². The Labute approximate surface area is 156 Å². The lowest BCUT2D eigenvalue weighted by Crippen LogP contribution is -2.35. The molecule has 0 bridgehead atoms. The lowest BCUT2D eigenvalue weighted by molar-refractivity contribution is 0.00782. The third-order valence-electron chi connectivity index (χ3n) is 5.49. The summed E-state index contributed by atoms with van der Waals surface area (Å²) in [6.07, 6.45) is 6.61. The van der Waals surface area contributed by atoms with Crippen LogP contribution < -0.4 is 11.3 Å². The van der Waals surface area contributed by atoms with Crippen molar-refractivity contribution in [3.8, 4) is 0 Å². The minimum atomic E-state index is -0.104. The zero-order valence-electron chi connectivity index (χ0n) is 15.9. The van der Waals surface area contributed by atoms with Crippen molar-refractivity contribution in [2.75, 3.05) is 13.2 Å². The van der Waals surface area contributed by atoms with Gasteiger partial charge >= 0.3 is 0 Å². The number of aryl methyl sites for hydroxylation is 2. The normalized spacial score (nSPS) is 21.5. The number of rotatable bonds is 6. The fourth-order valence-corrected chi connectivity index (χ4v) is 3.99. The van der Waals surface area contributed by atoms with E-state index in [9.17, 15) is 4.79 Å². The number of hydrogen-bond donors (Lipinski definition) is 1. The third-order valence-corrected chi connectivity index (χ3v) is 5.49. The quantitative estimate of drug-likeness (QED) is 0.860. The van der Waals surface area contributed by atoms with Gasteiger partial charge in [0.2, 0.25) is 0 Å².